The summed E-state index contributed by atoms with van der Waals surface area (Å²) in [5.41, 5.74) is 0.736. The van der Waals surface area contributed by atoms with Crippen molar-refractivity contribution in [2.75, 3.05) is 0 Å². The van der Waals surface area contributed by atoms with Gasteiger partial charge in [0.2, 0.25) is 5.91 Å². The van der Waals surface area contributed by atoms with E-state index in [-0.39, 0.29) is 11.8 Å². The van der Waals surface area contributed by atoms with E-state index in [2.05, 4.69) is 5.32 Å². The van der Waals surface area contributed by atoms with Crippen molar-refractivity contribution in [2.24, 2.45) is 5.92 Å². The Morgan fingerprint density at radius 1 is 1.08 bits per heavy atom. The zero-order chi connectivity index (χ0) is 18.0. The maximum absolute atomic E-state index is 12.8. The molecule has 0 saturated carbocycles. The molecule has 0 saturated heterocycles. The van der Waals surface area contributed by atoms with Gasteiger partial charge in [-0.2, -0.15) is 0 Å². The van der Waals surface area contributed by atoms with E-state index in [0.717, 1.165) is 9.78 Å². The van der Waals surface area contributed by atoms with Gasteiger partial charge in [0.25, 0.3) is 11.8 Å². The number of imide groups is 1. The predicted molar refractivity (Wildman–Crippen MR) is 96.4 cm³/mol. The average molecular weight is 356 g/mol. The van der Waals surface area contributed by atoms with Crippen molar-refractivity contribution in [2.45, 2.75) is 32.9 Å². The summed E-state index contributed by atoms with van der Waals surface area (Å²) in [6, 6.07) is 9.76. The molecule has 2 aromatic rings. The molecule has 130 valence electrons. The first-order valence-corrected chi connectivity index (χ1v) is 9.14. The second kappa shape index (κ2) is 7.19. The second-order valence-corrected chi connectivity index (χ2v) is 7.50. The summed E-state index contributed by atoms with van der Waals surface area (Å²) in [5, 5.41) is 4.80. The highest BCUT2D eigenvalue weighted by Crippen LogP contribution is 2.27. The van der Waals surface area contributed by atoms with Crippen LogP contribution in [0.1, 0.15) is 45.9 Å². The van der Waals surface area contributed by atoms with E-state index in [0.29, 0.717) is 24.1 Å². The maximum Gasteiger partial charge on any atom is 0.262 e. The Bertz CT molecular complexity index is 764. The quantitative estimate of drug-likeness (QED) is 0.809. The van der Waals surface area contributed by atoms with Gasteiger partial charge >= 0.3 is 0 Å². The number of amides is 3. The molecule has 0 bridgehead atoms. The number of carbonyl (C=O) groups is 3. The van der Waals surface area contributed by atoms with Crippen LogP contribution in [0.3, 0.4) is 0 Å². The number of hydrogen-bond donors (Lipinski definition) is 1. The van der Waals surface area contributed by atoms with Gasteiger partial charge < -0.3 is 5.32 Å². The van der Waals surface area contributed by atoms with E-state index >= 15 is 0 Å². The van der Waals surface area contributed by atoms with Gasteiger partial charge in [-0.25, -0.2) is 0 Å². The van der Waals surface area contributed by atoms with E-state index in [1.165, 1.54) is 0 Å². The molecular weight excluding hydrogens is 336 g/mol. The van der Waals surface area contributed by atoms with Crippen molar-refractivity contribution >= 4 is 29.1 Å². The summed E-state index contributed by atoms with van der Waals surface area (Å²) in [6.45, 7) is 4.34. The molecule has 0 fully saturated rings. The highest BCUT2D eigenvalue weighted by molar-refractivity contribution is 7.09. The van der Waals surface area contributed by atoms with Crippen LogP contribution < -0.4 is 5.32 Å². The molecule has 0 radical (unpaired) electrons. The summed E-state index contributed by atoms with van der Waals surface area (Å²) in [4.78, 5) is 40.3. The van der Waals surface area contributed by atoms with Crippen molar-refractivity contribution < 1.29 is 14.4 Å². The van der Waals surface area contributed by atoms with Crippen LogP contribution in [0.5, 0.6) is 0 Å². The lowest BCUT2D eigenvalue weighted by atomic mass is 10.0. The third-order valence-electron chi connectivity index (χ3n) is 4.15. The molecular formula is C19H20N2O3S. The van der Waals surface area contributed by atoms with Crippen LogP contribution in [0.2, 0.25) is 0 Å². The third-order valence-corrected chi connectivity index (χ3v) is 5.03. The van der Waals surface area contributed by atoms with Crippen molar-refractivity contribution in [3.05, 3.63) is 57.8 Å². The molecule has 1 aliphatic rings. The van der Waals surface area contributed by atoms with Crippen molar-refractivity contribution in [3.8, 4) is 0 Å². The van der Waals surface area contributed by atoms with Gasteiger partial charge in [-0.05, 0) is 35.9 Å². The van der Waals surface area contributed by atoms with Gasteiger partial charge in [-0.15, -0.1) is 11.3 Å². The first-order valence-electron chi connectivity index (χ1n) is 8.26. The molecule has 1 N–H and O–H groups in total. The minimum absolute atomic E-state index is 0.168. The molecule has 1 aliphatic heterocycles. The van der Waals surface area contributed by atoms with Crippen molar-refractivity contribution in [1.29, 1.82) is 0 Å². The number of fused-ring (bicyclic) bond motifs is 1. The van der Waals surface area contributed by atoms with Crippen LogP contribution in [0.15, 0.2) is 41.8 Å². The monoisotopic (exact) mass is 356 g/mol. The molecule has 1 unspecified atom stereocenters. The zero-order valence-corrected chi connectivity index (χ0v) is 15.0. The summed E-state index contributed by atoms with van der Waals surface area (Å²) >= 11 is 1.55. The van der Waals surface area contributed by atoms with Crippen molar-refractivity contribution in [3.63, 3.8) is 0 Å². The number of carbonyl (C=O) groups excluding carboxylic acids is 3. The van der Waals surface area contributed by atoms with Crippen LogP contribution in [-0.4, -0.2) is 28.7 Å². The van der Waals surface area contributed by atoms with Gasteiger partial charge in [-0.1, -0.05) is 32.0 Å². The van der Waals surface area contributed by atoms with Gasteiger partial charge in [0.05, 0.1) is 17.7 Å². The first kappa shape index (κ1) is 17.4. The lowest BCUT2D eigenvalue weighted by molar-refractivity contribution is -0.125. The van der Waals surface area contributed by atoms with Crippen LogP contribution in [0.25, 0.3) is 0 Å². The molecule has 0 spiro atoms. The average Bonchev–Trinajstić information content (AvgIpc) is 3.19. The Hall–Kier alpha value is -2.47. The van der Waals surface area contributed by atoms with Gasteiger partial charge in [0.1, 0.15) is 6.04 Å². The number of thiophene rings is 1. The van der Waals surface area contributed by atoms with E-state index in [4.69, 9.17) is 0 Å². The lowest BCUT2D eigenvalue weighted by Crippen LogP contribution is -2.50. The highest BCUT2D eigenvalue weighted by Gasteiger charge is 2.42. The Labute approximate surface area is 150 Å². The highest BCUT2D eigenvalue weighted by atomic mass is 32.1. The Kier molecular flexibility index (Phi) is 4.99. The van der Waals surface area contributed by atoms with E-state index in [1.807, 2.05) is 31.4 Å². The summed E-state index contributed by atoms with van der Waals surface area (Å²) in [5.74, 6) is -0.909. The summed E-state index contributed by atoms with van der Waals surface area (Å²) < 4.78 is 0. The van der Waals surface area contributed by atoms with Gasteiger partial charge in [-0.3, -0.25) is 19.3 Å². The number of hydrogen-bond acceptors (Lipinski definition) is 4. The molecule has 5 nitrogen and oxygen atoms in total. The largest absolute Gasteiger partial charge is 0.349 e. The minimum Gasteiger partial charge on any atom is -0.349 e. The number of rotatable bonds is 6. The van der Waals surface area contributed by atoms with Crippen LogP contribution in [0.4, 0.5) is 0 Å². The second-order valence-electron chi connectivity index (χ2n) is 6.47. The smallest absolute Gasteiger partial charge is 0.262 e. The number of nitrogens with one attached hydrogen (secondary N) is 1. The van der Waals surface area contributed by atoms with E-state index in [1.54, 1.807) is 35.6 Å². The van der Waals surface area contributed by atoms with Crippen molar-refractivity contribution in [1.82, 2.24) is 10.2 Å². The van der Waals surface area contributed by atoms with Crippen LogP contribution in [0, 0.1) is 5.92 Å². The molecule has 3 rings (SSSR count). The zero-order valence-electron chi connectivity index (χ0n) is 14.2. The van der Waals surface area contributed by atoms with Crippen LogP contribution in [-0.2, 0) is 11.3 Å². The predicted octanol–water partition coefficient (Wildman–Crippen LogP) is 3.08. The molecule has 1 atom stereocenters. The van der Waals surface area contributed by atoms with E-state index in [9.17, 15) is 14.4 Å². The number of benzene rings is 1. The Morgan fingerprint density at radius 2 is 1.72 bits per heavy atom. The Balaban J connectivity index is 1.82. The topological polar surface area (TPSA) is 66.5 Å². The fraction of sp³-hybridized carbons (Fsp3) is 0.316. The summed E-state index contributed by atoms with van der Waals surface area (Å²) in [7, 11) is 0. The fourth-order valence-electron chi connectivity index (χ4n) is 2.97. The third kappa shape index (κ3) is 3.49. The molecule has 0 aliphatic carbocycles. The molecule has 1 aromatic heterocycles. The standard InChI is InChI=1S/C19H20N2O3S/c1-12(2)10-16(17(22)20-11-13-6-5-9-25-13)21-18(23)14-7-3-4-8-15(14)19(21)24/h3-9,12,16H,10-11H2,1-2H3,(H,20,22). The molecule has 3 amide bonds. The molecule has 1 aromatic carbocycles. The summed E-state index contributed by atoms with van der Waals surface area (Å²) in [6.07, 6.45) is 0.432. The SMILES string of the molecule is CC(C)CC(C(=O)NCc1cccs1)N1C(=O)c2ccccc2C1=O. The molecule has 6 heteroatoms. The fourth-order valence-corrected chi connectivity index (χ4v) is 3.62. The molecule has 2 heterocycles. The first-order chi connectivity index (χ1) is 12.0. The minimum atomic E-state index is -0.799. The van der Waals surface area contributed by atoms with E-state index < -0.39 is 17.9 Å². The van der Waals surface area contributed by atoms with Crippen LogP contribution >= 0.6 is 11.3 Å². The number of nitrogens with zero attached hydrogens (tertiary/aromatic N) is 1. The van der Waals surface area contributed by atoms with Gasteiger partial charge in [0, 0.05) is 4.88 Å². The van der Waals surface area contributed by atoms with Gasteiger partial charge in [0.15, 0.2) is 0 Å². The normalized spacial score (nSPS) is 14.8. The lowest BCUT2D eigenvalue weighted by Gasteiger charge is -2.26. The maximum atomic E-state index is 12.8. The Morgan fingerprint density at radius 3 is 2.24 bits per heavy atom. The molecule has 25 heavy (non-hydrogen) atoms.